The van der Waals surface area contributed by atoms with Crippen LogP contribution in [0.15, 0.2) is 18.2 Å². The van der Waals surface area contributed by atoms with E-state index in [0.29, 0.717) is 0 Å². The fourth-order valence-corrected chi connectivity index (χ4v) is 1.86. The normalized spacial score (nSPS) is 11.4. The molecular weight excluding hydrogens is 224 g/mol. The van der Waals surface area contributed by atoms with Crippen molar-refractivity contribution in [2.75, 3.05) is 25.6 Å². The number of benzene rings is 1. The third-order valence-corrected chi connectivity index (χ3v) is 3.18. The van der Waals surface area contributed by atoms with E-state index in [1.807, 2.05) is 6.07 Å². The maximum absolute atomic E-state index is 6.02. The lowest BCUT2D eigenvalue weighted by molar-refractivity contribution is 0.410. The van der Waals surface area contributed by atoms with Crippen LogP contribution in [0.1, 0.15) is 32.8 Å². The molecule has 3 nitrogen and oxygen atoms in total. The van der Waals surface area contributed by atoms with E-state index < -0.39 is 0 Å². The highest BCUT2D eigenvalue weighted by Crippen LogP contribution is 2.25. The van der Waals surface area contributed by atoms with Crippen molar-refractivity contribution in [3.8, 4) is 5.75 Å². The van der Waals surface area contributed by atoms with E-state index in [2.05, 4.69) is 44.9 Å². The van der Waals surface area contributed by atoms with Gasteiger partial charge in [0.2, 0.25) is 0 Å². The SMILES string of the molecule is CCc1cc(N(C)CCC(C)(C)N)ccc1OC. The van der Waals surface area contributed by atoms with Gasteiger partial charge in [0.1, 0.15) is 5.75 Å². The summed E-state index contributed by atoms with van der Waals surface area (Å²) >= 11 is 0. The van der Waals surface area contributed by atoms with Gasteiger partial charge < -0.3 is 15.4 Å². The Hall–Kier alpha value is -1.22. The fraction of sp³-hybridized carbons (Fsp3) is 0.600. The second-order valence-electron chi connectivity index (χ2n) is 5.51. The van der Waals surface area contributed by atoms with Gasteiger partial charge in [0.05, 0.1) is 7.11 Å². The Kier molecular flexibility index (Phi) is 5.03. The number of ether oxygens (including phenoxy) is 1. The van der Waals surface area contributed by atoms with Gasteiger partial charge in [-0.25, -0.2) is 0 Å². The molecule has 0 bridgehead atoms. The zero-order valence-corrected chi connectivity index (χ0v) is 12.3. The van der Waals surface area contributed by atoms with Crippen molar-refractivity contribution < 1.29 is 4.74 Å². The quantitative estimate of drug-likeness (QED) is 0.843. The molecule has 18 heavy (non-hydrogen) atoms. The van der Waals surface area contributed by atoms with Gasteiger partial charge in [0.25, 0.3) is 0 Å². The molecule has 1 rings (SSSR count). The van der Waals surface area contributed by atoms with Crippen LogP contribution >= 0.6 is 0 Å². The van der Waals surface area contributed by atoms with Gasteiger partial charge >= 0.3 is 0 Å². The minimum Gasteiger partial charge on any atom is -0.496 e. The van der Waals surface area contributed by atoms with Crippen molar-refractivity contribution in [2.45, 2.75) is 39.2 Å². The van der Waals surface area contributed by atoms with Crippen LogP contribution in [0.3, 0.4) is 0 Å². The molecule has 1 aromatic carbocycles. The molecule has 2 N–H and O–H groups in total. The fourth-order valence-electron chi connectivity index (χ4n) is 1.86. The number of anilines is 1. The van der Waals surface area contributed by atoms with Crippen LogP contribution in [-0.2, 0) is 6.42 Å². The number of methoxy groups -OCH3 is 1. The van der Waals surface area contributed by atoms with E-state index in [9.17, 15) is 0 Å². The highest BCUT2D eigenvalue weighted by Gasteiger charge is 2.12. The molecule has 0 heterocycles. The van der Waals surface area contributed by atoms with E-state index >= 15 is 0 Å². The molecule has 0 unspecified atom stereocenters. The number of nitrogens with zero attached hydrogens (tertiary/aromatic N) is 1. The van der Waals surface area contributed by atoms with Crippen LogP contribution in [0.4, 0.5) is 5.69 Å². The zero-order valence-electron chi connectivity index (χ0n) is 12.3. The number of aryl methyl sites for hydroxylation is 1. The first-order valence-corrected chi connectivity index (χ1v) is 6.54. The van der Waals surface area contributed by atoms with Crippen molar-refractivity contribution in [1.29, 1.82) is 0 Å². The van der Waals surface area contributed by atoms with Crippen LogP contribution in [0, 0.1) is 0 Å². The van der Waals surface area contributed by atoms with E-state index in [4.69, 9.17) is 10.5 Å². The summed E-state index contributed by atoms with van der Waals surface area (Å²) in [4.78, 5) is 2.24. The van der Waals surface area contributed by atoms with Gasteiger partial charge in [-0.3, -0.25) is 0 Å². The second-order valence-corrected chi connectivity index (χ2v) is 5.51. The first kappa shape index (κ1) is 14.8. The Morgan fingerprint density at radius 1 is 1.33 bits per heavy atom. The average Bonchev–Trinajstić information content (AvgIpc) is 2.34. The first-order chi connectivity index (χ1) is 8.37. The zero-order chi connectivity index (χ0) is 13.8. The molecule has 0 fully saturated rings. The molecule has 0 spiro atoms. The van der Waals surface area contributed by atoms with Crippen molar-refractivity contribution in [1.82, 2.24) is 0 Å². The molecule has 0 saturated heterocycles. The molecule has 1 aromatic rings. The molecule has 102 valence electrons. The van der Waals surface area contributed by atoms with Crippen LogP contribution < -0.4 is 15.4 Å². The van der Waals surface area contributed by atoms with E-state index in [1.165, 1.54) is 11.3 Å². The maximum atomic E-state index is 6.02. The summed E-state index contributed by atoms with van der Waals surface area (Å²) in [6.45, 7) is 7.22. The van der Waals surface area contributed by atoms with Crippen molar-refractivity contribution in [3.05, 3.63) is 23.8 Å². The van der Waals surface area contributed by atoms with E-state index in [0.717, 1.165) is 25.1 Å². The number of rotatable bonds is 6. The smallest absolute Gasteiger partial charge is 0.122 e. The van der Waals surface area contributed by atoms with Gasteiger partial charge in [0.15, 0.2) is 0 Å². The predicted molar refractivity (Wildman–Crippen MR) is 78.5 cm³/mol. The van der Waals surface area contributed by atoms with Gasteiger partial charge in [-0.15, -0.1) is 0 Å². The number of hydrogen-bond donors (Lipinski definition) is 1. The minimum atomic E-state index is -0.117. The monoisotopic (exact) mass is 250 g/mol. The Labute approximate surface area is 111 Å². The van der Waals surface area contributed by atoms with Gasteiger partial charge in [-0.05, 0) is 50.5 Å². The molecule has 0 amide bonds. The first-order valence-electron chi connectivity index (χ1n) is 6.54. The summed E-state index contributed by atoms with van der Waals surface area (Å²) in [5, 5.41) is 0. The molecule has 0 aliphatic heterocycles. The molecule has 0 radical (unpaired) electrons. The van der Waals surface area contributed by atoms with E-state index in [-0.39, 0.29) is 5.54 Å². The summed E-state index contributed by atoms with van der Waals surface area (Å²) in [5.74, 6) is 0.966. The lowest BCUT2D eigenvalue weighted by atomic mass is 10.0. The Balaban J connectivity index is 2.77. The molecule has 3 heteroatoms. The third kappa shape index (κ3) is 4.22. The summed E-state index contributed by atoms with van der Waals surface area (Å²) in [6.07, 6.45) is 1.95. The highest BCUT2D eigenvalue weighted by atomic mass is 16.5. The number of hydrogen-bond acceptors (Lipinski definition) is 3. The molecular formula is C15H26N2O. The van der Waals surface area contributed by atoms with Gasteiger partial charge in [-0.2, -0.15) is 0 Å². The molecule has 0 aromatic heterocycles. The third-order valence-electron chi connectivity index (χ3n) is 3.18. The van der Waals surface area contributed by atoms with Crippen molar-refractivity contribution in [2.24, 2.45) is 5.73 Å². The van der Waals surface area contributed by atoms with Crippen molar-refractivity contribution in [3.63, 3.8) is 0 Å². The molecule has 0 aliphatic carbocycles. The summed E-state index contributed by atoms with van der Waals surface area (Å²) < 4.78 is 5.35. The number of nitrogens with two attached hydrogens (primary N) is 1. The Morgan fingerprint density at radius 2 is 2.00 bits per heavy atom. The minimum absolute atomic E-state index is 0.117. The largest absolute Gasteiger partial charge is 0.496 e. The van der Waals surface area contributed by atoms with Gasteiger partial charge in [0, 0.05) is 24.8 Å². The molecule has 0 aliphatic rings. The topological polar surface area (TPSA) is 38.5 Å². The van der Waals surface area contributed by atoms with Crippen LogP contribution in [0.2, 0.25) is 0 Å². The van der Waals surface area contributed by atoms with Gasteiger partial charge in [-0.1, -0.05) is 6.92 Å². The Bertz CT molecular complexity index is 383. The summed E-state index contributed by atoms with van der Waals surface area (Å²) in [5.41, 5.74) is 8.36. The maximum Gasteiger partial charge on any atom is 0.122 e. The second kappa shape index (κ2) is 6.10. The standard InChI is InChI=1S/C15H26N2O/c1-6-12-11-13(7-8-14(12)18-5)17(4)10-9-15(2,3)16/h7-8,11H,6,9-10,16H2,1-5H3. The molecule has 0 saturated carbocycles. The summed E-state index contributed by atoms with van der Waals surface area (Å²) in [6, 6.07) is 6.34. The predicted octanol–water partition coefficient (Wildman–Crippen LogP) is 2.82. The van der Waals surface area contributed by atoms with Crippen LogP contribution in [-0.4, -0.2) is 26.2 Å². The highest BCUT2D eigenvalue weighted by molar-refractivity contribution is 5.52. The van der Waals surface area contributed by atoms with Crippen LogP contribution in [0.5, 0.6) is 5.75 Å². The lowest BCUT2D eigenvalue weighted by Gasteiger charge is -2.25. The van der Waals surface area contributed by atoms with E-state index in [1.54, 1.807) is 7.11 Å². The summed E-state index contributed by atoms with van der Waals surface area (Å²) in [7, 11) is 3.82. The lowest BCUT2D eigenvalue weighted by Crippen LogP contribution is -2.36. The van der Waals surface area contributed by atoms with Crippen molar-refractivity contribution >= 4 is 5.69 Å². The average molecular weight is 250 g/mol. The molecule has 0 atom stereocenters. The Morgan fingerprint density at radius 3 is 2.50 bits per heavy atom. The van der Waals surface area contributed by atoms with Crippen LogP contribution in [0.25, 0.3) is 0 Å².